The maximum Gasteiger partial charge on any atom is 0.0789 e. The van der Waals surface area contributed by atoms with Gasteiger partial charge in [0.2, 0.25) is 0 Å². The predicted octanol–water partition coefficient (Wildman–Crippen LogP) is 6.01. The zero-order valence-corrected chi connectivity index (χ0v) is 18.7. The number of ether oxygens (including phenoxy) is 1. The van der Waals surface area contributed by atoms with Gasteiger partial charge in [0.25, 0.3) is 0 Å². The molecule has 0 saturated heterocycles. The predicted molar refractivity (Wildman–Crippen MR) is 129 cm³/mol. The number of aryl methyl sites for hydroxylation is 1. The Hall–Kier alpha value is -3.31. The first-order valence-corrected chi connectivity index (χ1v) is 11.3. The van der Waals surface area contributed by atoms with Crippen LogP contribution in [-0.4, -0.2) is 33.0 Å². The molecule has 1 aliphatic rings. The van der Waals surface area contributed by atoms with Crippen molar-refractivity contribution >= 4 is 16.5 Å². The fraction of sp³-hybridized carbons (Fsp3) is 0.296. The molecule has 5 nitrogen and oxygen atoms in total. The van der Waals surface area contributed by atoms with Gasteiger partial charge in [-0.25, -0.2) is 4.98 Å². The third-order valence-electron chi connectivity index (χ3n) is 5.95. The number of hydrogen-bond donors (Lipinski definition) is 0. The molecule has 0 amide bonds. The molecule has 0 bridgehead atoms. The lowest BCUT2D eigenvalue weighted by molar-refractivity contribution is 0.161. The van der Waals surface area contributed by atoms with Crippen molar-refractivity contribution in [2.45, 2.75) is 33.2 Å². The highest BCUT2D eigenvalue weighted by molar-refractivity contribution is 5.88. The van der Waals surface area contributed by atoms with Crippen LogP contribution in [0.15, 0.2) is 67.1 Å². The molecule has 0 aliphatic carbocycles. The Kier molecular flexibility index (Phi) is 5.82. The van der Waals surface area contributed by atoms with Crippen LogP contribution >= 0.6 is 0 Å². The highest BCUT2D eigenvalue weighted by atomic mass is 16.5. The van der Waals surface area contributed by atoms with Crippen LogP contribution in [0, 0.1) is 5.92 Å². The van der Waals surface area contributed by atoms with E-state index in [9.17, 15) is 0 Å². The van der Waals surface area contributed by atoms with Crippen LogP contribution in [0.5, 0.6) is 0 Å². The topological polar surface area (TPSA) is 52.8 Å². The molecule has 4 aromatic rings. The normalized spacial score (nSPS) is 14.2. The standard InChI is InChI=1S/C27H28N4O/c1-19(2)9-13-31-18-23(17-29-31)24-7-8-25(21-10-14-32-15-11-21)30-27(24)22-6-5-20-4-3-12-28-26(20)16-22/h3-8,10,12,16-19H,9,11,13-15H2,1-2H3. The van der Waals surface area contributed by atoms with E-state index in [1.807, 2.05) is 23.1 Å². The molecule has 0 saturated carbocycles. The summed E-state index contributed by atoms with van der Waals surface area (Å²) >= 11 is 0. The highest BCUT2D eigenvalue weighted by Gasteiger charge is 2.16. The first-order chi connectivity index (χ1) is 15.7. The Morgan fingerprint density at radius 2 is 2.03 bits per heavy atom. The van der Waals surface area contributed by atoms with E-state index in [0.29, 0.717) is 12.5 Å². The van der Waals surface area contributed by atoms with Gasteiger partial charge < -0.3 is 4.74 Å². The molecule has 162 valence electrons. The van der Waals surface area contributed by atoms with Gasteiger partial charge in [0.05, 0.1) is 36.3 Å². The first kappa shape index (κ1) is 20.6. The molecule has 4 heterocycles. The molecule has 5 rings (SSSR count). The fourth-order valence-electron chi connectivity index (χ4n) is 4.08. The first-order valence-electron chi connectivity index (χ1n) is 11.3. The minimum atomic E-state index is 0.649. The van der Waals surface area contributed by atoms with Crippen molar-refractivity contribution in [1.82, 2.24) is 19.7 Å². The largest absolute Gasteiger partial charge is 0.377 e. The lowest BCUT2D eigenvalue weighted by Gasteiger charge is -2.16. The lowest BCUT2D eigenvalue weighted by atomic mass is 9.98. The molecule has 0 unspecified atom stereocenters. The van der Waals surface area contributed by atoms with Crippen molar-refractivity contribution in [3.63, 3.8) is 0 Å². The minimum absolute atomic E-state index is 0.649. The smallest absolute Gasteiger partial charge is 0.0789 e. The Morgan fingerprint density at radius 1 is 1.09 bits per heavy atom. The number of hydrogen-bond acceptors (Lipinski definition) is 4. The highest BCUT2D eigenvalue weighted by Crippen LogP contribution is 2.34. The number of aromatic nitrogens is 4. The Labute approximate surface area is 188 Å². The van der Waals surface area contributed by atoms with Crippen LogP contribution in [-0.2, 0) is 11.3 Å². The number of nitrogens with zero attached hydrogens (tertiary/aromatic N) is 4. The quantitative estimate of drug-likeness (QED) is 0.380. The van der Waals surface area contributed by atoms with Crippen LogP contribution in [0.4, 0.5) is 0 Å². The number of benzene rings is 1. The number of pyridine rings is 2. The Bertz CT molecular complexity index is 1270. The van der Waals surface area contributed by atoms with Gasteiger partial charge in [0, 0.05) is 41.0 Å². The number of fused-ring (bicyclic) bond motifs is 1. The SMILES string of the molecule is CC(C)CCn1cc(-c2ccc(C3=CCOCC3)nc2-c2ccc3cccnc3c2)cn1. The van der Waals surface area contributed by atoms with Gasteiger partial charge >= 0.3 is 0 Å². The monoisotopic (exact) mass is 424 g/mol. The maximum absolute atomic E-state index is 5.50. The zero-order valence-electron chi connectivity index (χ0n) is 18.7. The van der Waals surface area contributed by atoms with Crippen molar-refractivity contribution in [3.8, 4) is 22.4 Å². The van der Waals surface area contributed by atoms with Crippen molar-refractivity contribution in [1.29, 1.82) is 0 Å². The molecule has 0 atom stereocenters. The van der Waals surface area contributed by atoms with E-state index in [0.717, 1.165) is 65.0 Å². The van der Waals surface area contributed by atoms with Crippen LogP contribution in [0.1, 0.15) is 32.4 Å². The van der Waals surface area contributed by atoms with E-state index >= 15 is 0 Å². The van der Waals surface area contributed by atoms with E-state index < -0.39 is 0 Å². The van der Waals surface area contributed by atoms with Crippen LogP contribution < -0.4 is 0 Å². The average molecular weight is 425 g/mol. The molecule has 0 fully saturated rings. The summed E-state index contributed by atoms with van der Waals surface area (Å²) in [6, 6.07) is 14.8. The van der Waals surface area contributed by atoms with Gasteiger partial charge in [-0.3, -0.25) is 9.67 Å². The molecule has 32 heavy (non-hydrogen) atoms. The third kappa shape index (κ3) is 4.34. The van der Waals surface area contributed by atoms with E-state index in [4.69, 9.17) is 9.72 Å². The maximum atomic E-state index is 5.50. The lowest BCUT2D eigenvalue weighted by Crippen LogP contribution is -2.05. The summed E-state index contributed by atoms with van der Waals surface area (Å²) in [5.41, 5.74) is 7.44. The average Bonchev–Trinajstić information content (AvgIpc) is 3.31. The van der Waals surface area contributed by atoms with E-state index in [1.165, 1.54) is 5.57 Å². The molecular weight excluding hydrogens is 396 g/mol. The molecule has 3 aromatic heterocycles. The zero-order chi connectivity index (χ0) is 21.9. The summed E-state index contributed by atoms with van der Waals surface area (Å²) in [5, 5.41) is 5.74. The minimum Gasteiger partial charge on any atom is -0.377 e. The summed E-state index contributed by atoms with van der Waals surface area (Å²) in [7, 11) is 0. The summed E-state index contributed by atoms with van der Waals surface area (Å²) < 4.78 is 7.53. The fourth-order valence-corrected chi connectivity index (χ4v) is 4.08. The summed E-state index contributed by atoms with van der Waals surface area (Å²) in [4.78, 5) is 9.70. The Morgan fingerprint density at radius 3 is 2.88 bits per heavy atom. The van der Waals surface area contributed by atoms with Crippen LogP contribution in [0.3, 0.4) is 0 Å². The molecule has 1 aromatic carbocycles. The molecule has 0 N–H and O–H groups in total. The second-order valence-corrected chi connectivity index (χ2v) is 8.73. The molecular formula is C27H28N4O. The van der Waals surface area contributed by atoms with Gasteiger partial charge in [0.1, 0.15) is 0 Å². The molecule has 5 heteroatoms. The summed E-state index contributed by atoms with van der Waals surface area (Å²) in [6.07, 6.45) is 10.1. The Balaban J connectivity index is 1.60. The summed E-state index contributed by atoms with van der Waals surface area (Å²) in [6.45, 7) is 6.79. The number of rotatable bonds is 6. The summed E-state index contributed by atoms with van der Waals surface area (Å²) in [5.74, 6) is 0.650. The van der Waals surface area contributed by atoms with Crippen molar-refractivity contribution in [2.75, 3.05) is 13.2 Å². The molecule has 0 spiro atoms. The molecule has 1 aliphatic heterocycles. The van der Waals surface area contributed by atoms with Crippen LogP contribution in [0.2, 0.25) is 0 Å². The van der Waals surface area contributed by atoms with Crippen molar-refractivity contribution in [3.05, 3.63) is 72.8 Å². The van der Waals surface area contributed by atoms with E-state index in [2.05, 4.69) is 72.6 Å². The van der Waals surface area contributed by atoms with Gasteiger partial charge in [-0.2, -0.15) is 5.10 Å². The van der Waals surface area contributed by atoms with Crippen molar-refractivity contribution < 1.29 is 4.74 Å². The van der Waals surface area contributed by atoms with E-state index in [1.54, 1.807) is 0 Å². The second-order valence-electron chi connectivity index (χ2n) is 8.73. The van der Waals surface area contributed by atoms with Gasteiger partial charge in [-0.1, -0.05) is 38.1 Å². The van der Waals surface area contributed by atoms with Gasteiger partial charge in [-0.05, 0) is 48.6 Å². The second kappa shape index (κ2) is 9.05. The van der Waals surface area contributed by atoms with Gasteiger partial charge in [0.15, 0.2) is 0 Å². The van der Waals surface area contributed by atoms with E-state index in [-0.39, 0.29) is 0 Å². The van der Waals surface area contributed by atoms with Crippen LogP contribution in [0.25, 0.3) is 38.9 Å². The van der Waals surface area contributed by atoms with Crippen molar-refractivity contribution in [2.24, 2.45) is 5.92 Å². The van der Waals surface area contributed by atoms with Gasteiger partial charge in [-0.15, -0.1) is 0 Å². The molecule has 0 radical (unpaired) electrons. The third-order valence-corrected chi connectivity index (χ3v) is 5.95.